The fourth-order valence-corrected chi connectivity index (χ4v) is 2.46. The molecular weight excluding hydrogens is 352 g/mol. The molecule has 0 fully saturated rings. The maximum absolute atomic E-state index is 11.6. The van der Waals surface area contributed by atoms with Gasteiger partial charge in [-0.1, -0.05) is 60.7 Å². The highest BCUT2D eigenvalue weighted by atomic mass is 16.5. The molecule has 0 radical (unpaired) electrons. The van der Waals surface area contributed by atoms with Gasteiger partial charge in [0.25, 0.3) is 0 Å². The lowest BCUT2D eigenvalue weighted by atomic mass is 10.2. The van der Waals surface area contributed by atoms with E-state index >= 15 is 0 Å². The highest BCUT2D eigenvalue weighted by molar-refractivity contribution is 5.87. The molecule has 0 aliphatic heterocycles. The van der Waals surface area contributed by atoms with Crippen LogP contribution in [-0.4, -0.2) is 25.2 Å². The SMILES string of the molecule is O=C(/C=C/c1ccccc1)OCCCCCCOC(=O)/C=C/c1ccccc1. The normalized spacial score (nSPS) is 11.0. The molecule has 0 aliphatic rings. The minimum absolute atomic E-state index is 0.331. The second-order valence-electron chi connectivity index (χ2n) is 6.24. The Labute approximate surface area is 166 Å². The van der Waals surface area contributed by atoms with Gasteiger partial charge in [-0.25, -0.2) is 9.59 Å². The van der Waals surface area contributed by atoms with Crippen molar-refractivity contribution in [3.8, 4) is 0 Å². The molecule has 4 heteroatoms. The fraction of sp³-hybridized carbons (Fsp3) is 0.250. The van der Waals surface area contributed by atoms with E-state index in [4.69, 9.17) is 9.47 Å². The smallest absolute Gasteiger partial charge is 0.330 e. The van der Waals surface area contributed by atoms with E-state index in [2.05, 4.69) is 0 Å². The standard InChI is InChI=1S/C24H26O4/c25-23(17-15-21-11-5-3-6-12-21)27-19-9-1-2-10-20-28-24(26)18-16-22-13-7-4-8-14-22/h3-8,11-18H,1-2,9-10,19-20H2/b17-15+,18-16+. The molecule has 0 saturated heterocycles. The lowest BCUT2D eigenvalue weighted by Crippen LogP contribution is -2.03. The molecule has 4 nitrogen and oxygen atoms in total. The lowest BCUT2D eigenvalue weighted by molar-refractivity contribution is -0.139. The molecule has 0 spiro atoms. The summed E-state index contributed by atoms with van der Waals surface area (Å²) >= 11 is 0. The maximum Gasteiger partial charge on any atom is 0.330 e. The first kappa shape index (κ1) is 21.2. The Morgan fingerprint density at radius 2 is 1.00 bits per heavy atom. The number of ether oxygens (including phenoxy) is 2. The summed E-state index contributed by atoms with van der Waals surface area (Å²) in [7, 11) is 0. The molecule has 2 aromatic rings. The lowest BCUT2D eigenvalue weighted by Gasteiger charge is -2.03. The van der Waals surface area contributed by atoms with Gasteiger partial charge in [0, 0.05) is 12.2 Å². The van der Waals surface area contributed by atoms with Gasteiger partial charge in [0.05, 0.1) is 13.2 Å². The van der Waals surface area contributed by atoms with Crippen LogP contribution in [-0.2, 0) is 19.1 Å². The molecule has 28 heavy (non-hydrogen) atoms. The van der Waals surface area contributed by atoms with E-state index in [-0.39, 0.29) is 11.9 Å². The largest absolute Gasteiger partial charge is 0.463 e. The highest BCUT2D eigenvalue weighted by Gasteiger charge is 1.99. The second kappa shape index (κ2) is 13.1. The van der Waals surface area contributed by atoms with E-state index in [1.807, 2.05) is 60.7 Å². The Morgan fingerprint density at radius 1 is 0.607 bits per heavy atom. The Morgan fingerprint density at radius 3 is 1.39 bits per heavy atom. The van der Waals surface area contributed by atoms with Crippen molar-refractivity contribution >= 4 is 24.1 Å². The van der Waals surface area contributed by atoms with Gasteiger partial charge in [-0.2, -0.15) is 0 Å². The molecule has 0 amide bonds. The molecule has 146 valence electrons. The summed E-state index contributed by atoms with van der Waals surface area (Å²) < 4.78 is 10.3. The summed E-state index contributed by atoms with van der Waals surface area (Å²) in [6.07, 6.45) is 9.81. The van der Waals surface area contributed by atoms with Crippen LogP contribution in [0.2, 0.25) is 0 Å². The minimum atomic E-state index is -0.331. The molecule has 0 atom stereocenters. The molecule has 0 heterocycles. The molecule has 0 aromatic heterocycles. The average molecular weight is 378 g/mol. The van der Waals surface area contributed by atoms with Gasteiger partial charge in [0.2, 0.25) is 0 Å². The van der Waals surface area contributed by atoms with Crippen molar-refractivity contribution in [2.45, 2.75) is 25.7 Å². The summed E-state index contributed by atoms with van der Waals surface area (Å²) in [6, 6.07) is 19.2. The number of hydrogen-bond acceptors (Lipinski definition) is 4. The molecule has 2 rings (SSSR count). The van der Waals surface area contributed by atoms with Gasteiger partial charge < -0.3 is 9.47 Å². The number of carbonyl (C=O) groups excluding carboxylic acids is 2. The molecule has 2 aromatic carbocycles. The quantitative estimate of drug-likeness (QED) is 0.312. The van der Waals surface area contributed by atoms with E-state index in [9.17, 15) is 9.59 Å². The van der Waals surface area contributed by atoms with Crippen molar-refractivity contribution in [2.75, 3.05) is 13.2 Å². The first-order valence-corrected chi connectivity index (χ1v) is 9.54. The van der Waals surface area contributed by atoms with Crippen molar-refractivity contribution in [3.05, 3.63) is 83.9 Å². The van der Waals surface area contributed by atoms with Crippen LogP contribution in [0.1, 0.15) is 36.8 Å². The summed E-state index contributed by atoms with van der Waals surface area (Å²) in [5.41, 5.74) is 1.93. The van der Waals surface area contributed by atoms with Crippen LogP contribution in [0, 0.1) is 0 Å². The maximum atomic E-state index is 11.6. The summed E-state index contributed by atoms with van der Waals surface area (Å²) in [5.74, 6) is -0.661. The summed E-state index contributed by atoms with van der Waals surface area (Å²) in [6.45, 7) is 0.801. The zero-order chi connectivity index (χ0) is 19.9. The van der Waals surface area contributed by atoms with E-state index < -0.39 is 0 Å². The zero-order valence-electron chi connectivity index (χ0n) is 16.0. The van der Waals surface area contributed by atoms with Crippen molar-refractivity contribution < 1.29 is 19.1 Å². The third-order valence-corrected chi connectivity index (χ3v) is 3.95. The van der Waals surface area contributed by atoms with Crippen LogP contribution in [0.5, 0.6) is 0 Å². The van der Waals surface area contributed by atoms with Crippen molar-refractivity contribution in [1.82, 2.24) is 0 Å². The molecule has 0 bridgehead atoms. The number of rotatable bonds is 11. The third-order valence-electron chi connectivity index (χ3n) is 3.95. The Bertz CT molecular complexity index is 696. The topological polar surface area (TPSA) is 52.6 Å². The zero-order valence-corrected chi connectivity index (χ0v) is 16.0. The number of benzene rings is 2. The van der Waals surface area contributed by atoms with Crippen LogP contribution in [0.15, 0.2) is 72.8 Å². The number of esters is 2. The van der Waals surface area contributed by atoms with Gasteiger partial charge in [0.15, 0.2) is 0 Å². The van der Waals surface area contributed by atoms with Crippen LogP contribution in [0.4, 0.5) is 0 Å². The highest BCUT2D eigenvalue weighted by Crippen LogP contribution is 2.04. The van der Waals surface area contributed by atoms with E-state index in [0.29, 0.717) is 13.2 Å². The molecule has 0 N–H and O–H groups in total. The van der Waals surface area contributed by atoms with Crippen LogP contribution < -0.4 is 0 Å². The fourth-order valence-electron chi connectivity index (χ4n) is 2.46. The number of hydrogen-bond donors (Lipinski definition) is 0. The summed E-state index contributed by atoms with van der Waals surface area (Å²) in [5, 5.41) is 0. The van der Waals surface area contributed by atoms with Gasteiger partial charge in [-0.3, -0.25) is 0 Å². The van der Waals surface area contributed by atoms with Crippen molar-refractivity contribution in [3.63, 3.8) is 0 Å². The Balaban J connectivity index is 1.46. The van der Waals surface area contributed by atoms with Gasteiger partial charge >= 0.3 is 11.9 Å². The van der Waals surface area contributed by atoms with Crippen LogP contribution in [0.25, 0.3) is 12.2 Å². The van der Waals surface area contributed by atoms with Crippen molar-refractivity contribution in [1.29, 1.82) is 0 Å². The molecule has 0 unspecified atom stereocenters. The predicted molar refractivity (Wildman–Crippen MR) is 111 cm³/mol. The minimum Gasteiger partial charge on any atom is -0.463 e. The Hall–Kier alpha value is -3.14. The van der Waals surface area contributed by atoms with Gasteiger partial charge in [-0.05, 0) is 49.0 Å². The molecule has 0 aliphatic carbocycles. The predicted octanol–water partition coefficient (Wildman–Crippen LogP) is 5.06. The van der Waals surface area contributed by atoms with E-state index in [0.717, 1.165) is 36.8 Å². The van der Waals surface area contributed by atoms with Crippen LogP contribution >= 0.6 is 0 Å². The summed E-state index contributed by atoms with van der Waals surface area (Å²) in [4.78, 5) is 23.2. The first-order chi connectivity index (χ1) is 13.7. The molecule has 0 saturated carbocycles. The van der Waals surface area contributed by atoms with Crippen LogP contribution in [0.3, 0.4) is 0 Å². The molecular formula is C24H26O4. The Kier molecular flexibility index (Phi) is 9.90. The third kappa shape index (κ3) is 9.53. The van der Waals surface area contributed by atoms with Gasteiger partial charge in [-0.15, -0.1) is 0 Å². The number of carbonyl (C=O) groups is 2. The first-order valence-electron chi connectivity index (χ1n) is 9.54. The van der Waals surface area contributed by atoms with E-state index in [1.54, 1.807) is 12.2 Å². The second-order valence-corrected chi connectivity index (χ2v) is 6.24. The number of unbranched alkanes of at least 4 members (excludes halogenated alkanes) is 3. The van der Waals surface area contributed by atoms with Crippen molar-refractivity contribution in [2.24, 2.45) is 0 Å². The monoisotopic (exact) mass is 378 g/mol. The van der Waals surface area contributed by atoms with E-state index in [1.165, 1.54) is 12.2 Å². The van der Waals surface area contributed by atoms with Gasteiger partial charge in [0.1, 0.15) is 0 Å². The average Bonchev–Trinajstić information content (AvgIpc) is 2.74.